The third-order valence-corrected chi connectivity index (χ3v) is 6.71. The number of aryl methyl sites for hydroxylation is 2. The summed E-state index contributed by atoms with van der Waals surface area (Å²) >= 11 is 0. The van der Waals surface area contributed by atoms with Gasteiger partial charge in [-0.05, 0) is 37.0 Å². The smallest absolute Gasteiger partial charge is 0.349 e. The molecule has 0 spiro atoms. The number of fused-ring (bicyclic) bond motifs is 3. The number of aromatic nitrogens is 6. The number of hydrogen-bond donors (Lipinski definition) is 0. The minimum atomic E-state index is -0.275. The van der Waals surface area contributed by atoms with Gasteiger partial charge in [0.2, 0.25) is 0 Å². The molecule has 9 nitrogen and oxygen atoms in total. The standard InChI is InChI=1S/C25H26N6O3/c1-4-19-10-18(7-8-33-19)31-23-20-9-15(16-11-26-29(2)13-16)5-6-21(20)34-24(23)22(28-25(31)32)17-12-27-30(3)14-17/h5-6,9,11-14,18-19H,4,7-8,10H2,1-3H3/t18-,19-/m0/s1. The SMILES string of the molecule is CC[C@H]1C[C@@H](n2c(=O)nc(-c3cnn(C)c3)c3oc4ccc(-c5cnn(C)c5)cc4c32)CCO1. The fraction of sp³-hybridized carbons (Fsp3) is 0.360. The normalized spacial score (nSPS) is 18.8. The molecule has 1 aliphatic rings. The van der Waals surface area contributed by atoms with E-state index >= 15 is 0 Å². The molecule has 0 aliphatic carbocycles. The second kappa shape index (κ2) is 7.95. The minimum absolute atomic E-state index is 0.00741. The molecule has 0 amide bonds. The average molecular weight is 459 g/mol. The number of ether oxygens (including phenoxy) is 1. The van der Waals surface area contributed by atoms with Gasteiger partial charge in [0.1, 0.15) is 16.8 Å². The van der Waals surface area contributed by atoms with Crippen molar-refractivity contribution >= 4 is 22.1 Å². The molecule has 4 aromatic heterocycles. The summed E-state index contributed by atoms with van der Waals surface area (Å²) in [5.41, 5.74) is 5.11. The summed E-state index contributed by atoms with van der Waals surface area (Å²) in [6, 6.07) is 6.05. The van der Waals surface area contributed by atoms with Crippen LogP contribution in [0.2, 0.25) is 0 Å². The van der Waals surface area contributed by atoms with Crippen LogP contribution in [0.5, 0.6) is 0 Å². The summed E-state index contributed by atoms with van der Waals surface area (Å²) in [5, 5.41) is 9.47. The molecule has 0 radical (unpaired) electrons. The van der Waals surface area contributed by atoms with Crippen LogP contribution in [0.15, 0.2) is 52.2 Å². The largest absolute Gasteiger partial charge is 0.452 e. The van der Waals surface area contributed by atoms with Crippen LogP contribution in [0.3, 0.4) is 0 Å². The lowest BCUT2D eigenvalue weighted by Gasteiger charge is -2.30. The molecule has 9 heteroatoms. The van der Waals surface area contributed by atoms with E-state index in [2.05, 4.69) is 28.2 Å². The molecule has 0 N–H and O–H groups in total. The van der Waals surface area contributed by atoms with Crippen molar-refractivity contribution in [3.05, 3.63) is 53.5 Å². The molecule has 174 valence electrons. The molecule has 1 saturated heterocycles. The van der Waals surface area contributed by atoms with Gasteiger partial charge in [-0.25, -0.2) is 4.79 Å². The quantitative estimate of drug-likeness (QED) is 0.403. The third-order valence-electron chi connectivity index (χ3n) is 6.71. The van der Waals surface area contributed by atoms with Crippen LogP contribution in [-0.4, -0.2) is 41.8 Å². The molecule has 34 heavy (non-hydrogen) atoms. The summed E-state index contributed by atoms with van der Waals surface area (Å²) in [7, 11) is 3.74. The Labute approximate surface area is 195 Å². The van der Waals surface area contributed by atoms with Gasteiger partial charge in [-0.15, -0.1) is 0 Å². The Kier molecular flexibility index (Phi) is 4.88. The topological polar surface area (TPSA) is 92.9 Å². The van der Waals surface area contributed by atoms with Crippen molar-refractivity contribution in [1.82, 2.24) is 29.1 Å². The Morgan fingerprint density at radius 2 is 1.82 bits per heavy atom. The molecule has 1 fully saturated rings. The summed E-state index contributed by atoms with van der Waals surface area (Å²) in [4.78, 5) is 18.1. The molecule has 0 bridgehead atoms. The highest BCUT2D eigenvalue weighted by molar-refractivity contribution is 6.07. The van der Waals surface area contributed by atoms with Crippen LogP contribution in [-0.2, 0) is 18.8 Å². The minimum Gasteiger partial charge on any atom is -0.452 e. The van der Waals surface area contributed by atoms with E-state index in [4.69, 9.17) is 9.15 Å². The van der Waals surface area contributed by atoms with Crippen molar-refractivity contribution in [3.8, 4) is 22.4 Å². The lowest BCUT2D eigenvalue weighted by Crippen LogP contribution is -2.34. The van der Waals surface area contributed by atoms with Crippen LogP contribution < -0.4 is 5.69 Å². The Hall–Kier alpha value is -3.72. The highest BCUT2D eigenvalue weighted by atomic mass is 16.5. The molecular formula is C25H26N6O3. The Morgan fingerprint density at radius 1 is 1.06 bits per heavy atom. The van der Waals surface area contributed by atoms with Gasteiger partial charge in [0, 0.05) is 55.7 Å². The Balaban J connectivity index is 1.65. The Bertz CT molecular complexity index is 1570. The maximum atomic E-state index is 13.6. The van der Waals surface area contributed by atoms with Crippen molar-refractivity contribution in [1.29, 1.82) is 0 Å². The number of hydrogen-bond acceptors (Lipinski definition) is 6. The van der Waals surface area contributed by atoms with Gasteiger partial charge in [-0.2, -0.15) is 15.2 Å². The van der Waals surface area contributed by atoms with Gasteiger partial charge in [0.25, 0.3) is 0 Å². The van der Waals surface area contributed by atoms with E-state index in [0.717, 1.165) is 46.9 Å². The first kappa shape index (κ1) is 20.9. The van der Waals surface area contributed by atoms with Gasteiger partial charge in [0.05, 0.1) is 18.5 Å². The molecule has 1 aliphatic heterocycles. The Morgan fingerprint density at radius 3 is 2.53 bits per heavy atom. The van der Waals surface area contributed by atoms with E-state index in [1.807, 2.05) is 49.4 Å². The van der Waals surface area contributed by atoms with Gasteiger partial charge in [-0.3, -0.25) is 13.9 Å². The van der Waals surface area contributed by atoms with Gasteiger partial charge < -0.3 is 9.15 Å². The fourth-order valence-electron chi connectivity index (χ4n) is 4.99. The maximum absolute atomic E-state index is 13.6. The van der Waals surface area contributed by atoms with Crippen LogP contribution in [0.4, 0.5) is 0 Å². The third kappa shape index (κ3) is 3.35. The molecule has 1 aromatic carbocycles. The van der Waals surface area contributed by atoms with E-state index < -0.39 is 0 Å². The predicted octanol–water partition coefficient (Wildman–Crippen LogP) is 4.07. The molecule has 0 unspecified atom stereocenters. The van der Waals surface area contributed by atoms with Crippen LogP contribution in [0.25, 0.3) is 44.5 Å². The van der Waals surface area contributed by atoms with Gasteiger partial charge >= 0.3 is 5.69 Å². The zero-order valence-corrected chi connectivity index (χ0v) is 19.4. The van der Waals surface area contributed by atoms with Crippen molar-refractivity contribution in [2.24, 2.45) is 14.1 Å². The van der Waals surface area contributed by atoms with E-state index in [1.54, 1.807) is 15.6 Å². The van der Waals surface area contributed by atoms with Crippen molar-refractivity contribution in [2.75, 3.05) is 6.61 Å². The summed E-state index contributed by atoms with van der Waals surface area (Å²) < 4.78 is 17.6. The lowest BCUT2D eigenvalue weighted by molar-refractivity contribution is -0.00709. The lowest BCUT2D eigenvalue weighted by atomic mass is 10.0. The number of nitrogens with zero attached hydrogens (tertiary/aromatic N) is 6. The highest BCUT2D eigenvalue weighted by Gasteiger charge is 2.29. The van der Waals surface area contributed by atoms with Crippen LogP contribution >= 0.6 is 0 Å². The summed E-state index contributed by atoms with van der Waals surface area (Å²) in [5.74, 6) is 0. The number of benzene rings is 1. The number of rotatable bonds is 4. The van der Waals surface area contributed by atoms with E-state index in [0.29, 0.717) is 23.5 Å². The second-order valence-electron chi connectivity index (χ2n) is 8.99. The zero-order chi connectivity index (χ0) is 23.4. The first-order valence-corrected chi connectivity index (χ1v) is 11.6. The molecule has 2 atom stereocenters. The van der Waals surface area contributed by atoms with E-state index in [1.165, 1.54) is 0 Å². The molecule has 6 rings (SSSR count). The first-order chi connectivity index (χ1) is 16.5. The van der Waals surface area contributed by atoms with Crippen LogP contribution in [0.1, 0.15) is 32.2 Å². The molecule has 0 saturated carbocycles. The van der Waals surface area contributed by atoms with Gasteiger partial charge in [0.15, 0.2) is 5.58 Å². The summed E-state index contributed by atoms with van der Waals surface area (Å²) in [6.07, 6.45) is 9.94. The fourth-order valence-corrected chi connectivity index (χ4v) is 4.99. The van der Waals surface area contributed by atoms with Crippen LogP contribution in [0, 0.1) is 0 Å². The van der Waals surface area contributed by atoms with Gasteiger partial charge in [-0.1, -0.05) is 13.0 Å². The highest BCUT2D eigenvalue weighted by Crippen LogP contribution is 2.38. The molecule has 5 aromatic rings. The number of furan rings is 1. The second-order valence-corrected chi connectivity index (χ2v) is 8.99. The molecular weight excluding hydrogens is 432 g/mol. The summed E-state index contributed by atoms with van der Waals surface area (Å²) in [6.45, 7) is 2.74. The van der Waals surface area contributed by atoms with E-state index in [9.17, 15) is 4.79 Å². The monoisotopic (exact) mass is 458 g/mol. The van der Waals surface area contributed by atoms with E-state index in [-0.39, 0.29) is 17.8 Å². The van der Waals surface area contributed by atoms with Crippen molar-refractivity contribution in [3.63, 3.8) is 0 Å². The zero-order valence-electron chi connectivity index (χ0n) is 19.4. The average Bonchev–Trinajstić information content (AvgIpc) is 3.57. The van der Waals surface area contributed by atoms with Crippen molar-refractivity contribution < 1.29 is 9.15 Å². The predicted molar refractivity (Wildman–Crippen MR) is 128 cm³/mol. The molecule has 5 heterocycles. The maximum Gasteiger partial charge on any atom is 0.349 e. The van der Waals surface area contributed by atoms with Crippen molar-refractivity contribution in [2.45, 2.75) is 38.3 Å². The first-order valence-electron chi connectivity index (χ1n) is 11.6.